The Balaban J connectivity index is 1.72. The Morgan fingerprint density at radius 1 is 1.28 bits per heavy atom. The number of hydrogen-bond acceptors (Lipinski definition) is 5. The molecule has 0 aromatic heterocycles. The van der Waals surface area contributed by atoms with Gasteiger partial charge in [0, 0.05) is 41.3 Å². The summed E-state index contributed by atoms with van der Waals surface area (Å²) in [5.41, 5.74) is 1.49. The summed E-state index contributed by atoms with van der Waals surface area (Å²) in [6, 6.07) is 5.05. The Morgan fingerprint density at radius 3 is 2.68 bits per heavy atom. The number of likely N-dealkylation sites (N-methyl/N-ethyl adjacent to an activating group) is 1. The van der Waals surface area contributed by atoms with Crippen molar-refractivity contribution in [3.63, 3.8) is 0 Å². The molecule has 2 unspecified atom stereocenters. The Kier molecular flexibility index (Phi) is 6.61. The van der Waals surface area contributed by atoms with Gasteiger partial charge >= 0.3 is 0 Å². The molecule has 0 amide bonds. The van der Waals surface area contributed by atoms with Gasteiger partial charge in [0.2, 0.25) is 0 Å². The van der Waals surface area contributed by atoms with Crippen LogP contribution in [0.15, 0.2) is 29.5 Å². The lowest BCUT2D eigenvalue weighted by Crippen LogP contribution is -2.23. The summed E-state index contributed by atoms with van der Waals surface area (Å²) in [7, 11) is 1.80. The van der Waals surface area contributed by atoms with Crippen molar-refractivity contribution in [2.24, 2.45) is 0 Å². The molecule has 2 aliphatic heterocycles. The number of hydroxylamine groups is 2. The molecule has 138 valence electrons. The molecule has 0 spiro atoms. The lowest BCUT2D eigenvalue weighted by molar-refractivity contribution is -0.165. The van der Waals surface area contributed by atoms with Crippen LogP contribution in [0.5, 0.6) is 0 Å². The molecule has 25 heavy (non-hydrogen) atoms. The average molecular weight is 388 g/mol. The van der Waals surface area contributed by atoms with E-state index in [4.69, 9.17) is 37.5 Å². The SMILES string of the molecule is CN1OC(CCOC2CCCCO2)=C(CO)C1c1c(Cl)cccc1Cl. The van der Waals surface area contributed by atoms with Crippen LogP contribution in [-0.2, 0) is 14.3 Å². The second kappa shape index (κ2) is 8.71. The molecular weight excluding hydrogens is 365 g/mol. The molecule has 2 atom stereocenters. The maximum absolute atomic E-state index is 9.90. The minimum atomic E-state index is -0.313. The Labute approximate surface area is 158 Å². The van der Waals surface area contributed by atoms with Gasteiger partial charge in [-0.25, -0.2) is 0 Å². The zero-order valence-corrected chi connectivity index (χ0v) is 15.7. The van der Waals surface area contributed by atoms with E-state index in [9.17, 15) is 5.11 Å². The van der Waals surface area contributed by atoms with Gasteiger partial charge < -0.3 is 19.4 Å². The van der Waals surface area contributed by atoms with E-state index in [1.165, 1.54) is 0 Å². The molecule has 7 heteroatoms. The van der Waals surface area contributed by atoms with Crippen molar-refractivity contribution in [1.29, 1.82) is 0 Å². The normalized spacial score (nSPS) is 24.6. The Morgan fingerprint density at radius 2 is 2.04 bits per heavy atom. The first-order valence-electron chi connectivity index (χ1n) is 8.52. The predicted octanol–water partition coefficient (Wildman–Crippen LogP) is 4.09. The molecule has 1 N–H and O–H groups in total. The standard InChI is InChI=1S/C18H23Cl2NO4/c1-21-18(17-13(19)5-4-6-14(17)20)12(11-22)15(25-21)8-10-24-16-7-2-3-9-23-16/h4-6,16,18,22H,2-3,7-11H2,1H3. The van der Waals surface area contributed by atoms with E-state index in [0.29, 0.717) is 28.8 Å². The number of aliphatic hydroxyl groups excluding tert-OH is 1. The number of hydrogen-bond donors (Lipinski definition) is 1. The van der Waals surface area contributed by atoms with Crippen molar-refractivity contribution >= 4 is 23.2 Å². The third-order valence-electron chi connectivity index (χ3n) is 4.52. The van der Waals surface area contributed by atoms with Crippen molar-refractivity contribution in [2.75, 3.05) is 26.9 Å². The van der Waals surface area contributed by atoms with Crippen LogP contribution in [0.4, 0.5) is 0 Å². The van der Waals surface area contributed by atoms with E-state index in [0.717, 1.165) is 37.0 Å². The van der Waals surface area contributed by atoms with E-state index in [2.05, 4.69) is 0 Å². The van der Waals surface area contributed by atoms with Crippen LogP contribution in [0.25, 0.3) is 0 Å². The summed E-state index contributed by atoms with van der Waals surface area (Å²) >= 11 is 12.7. The Bertz CT molecular complexity index is 611. The zero-order chi connectivity index (χ0) is 17.8. The second-order valence-electron chi connectivity index (χ2n) is 6.20. The third kappa shape index (κ3) is 4.30. The van der Waals surface area contributed by atoms with Crippen LogP contribution in [0.2, 0.25) is 10.0 Å². The molecule has 3 rings (SSSR count). The largest absolute Gasteiger partial charge is 0.410 e. The smallest absolute Gasteiger partial charge is 0.157 e. The fraction of sp³-hybridized carbons (Fsp3) is 0.556. The Hall–Kier alpha value is -0.820. The van der Waals surface area contributed by atoms with E-state index in [-0.39, 0.29) is 18.9 Å². The first kappa shape index (κ1) is 19.0. The van der Waals surface area contributed by atoms with Crippen molar-refractivity contribution < 1.29 is 19.4 Å². The van der Waals surface area contributed by atoms with E-state index >= 15 is 0 Å². The molecule has 0 radical (unpaired) electrons. The van der Waals surface area contributed by atoms with Crippen molar-refractivity contribution in [2.45, 2.75) is 38.0 Å². The molecule has 1 saturated heterocycles. The summed E-state index contributed by atoms with van der Waals surface area (Å²) in [4.78, 5) is 5.85. The highest BCUT2D eigenvalue weighted by Crippen LogP contribution is 2.43. The van der Waals surface area contributed by atoms with Crippen molar-refractivity contribution in [1.82, 2.24) is 5.06 Å². The predicted molar refractivity (Wildman–Crippen MR) is 96.3 cm³/mol. The van der Waals surface area contributed by atoms with Gasteiger partial charge in [-0.1, -0.05) is 29.3 Å². The molecule has 0 saturated carbocycles. The highest BCUT2D eigenvalue weighted by atomic mass is 35.5. The summed E-state index contributed by atoms with van der Waals surface area (Å²) < 4.78 is 11.3. The molecule has 1 fully saturated rings. The third-order valence-corrected chi connectivity index (χ3v) is 5.18. The van der Waals surface area contributed by atoms with Gasteiger partial charge in [-0.2, -0.15) is 0 Å². The minimum Gasteiger partial charge on any atom is -0.410 e. The van der Waals surface area contributed by atoms with Crippen LogP contribution < -0.4 is 0 Å². The average Bonchev–Trinajstić information content (AvgIpc) is 2.91. The summed E-state index contributed by atoms with van der Waals surface area (Å²) in [5.74, 6) is 0.696. The van der Waals surface area contributed by atoms with Crippen LogP contribution in [0.3, 0.4) is 0 Å². The van der Waals surface area contributed by atoms with Gasteiger partial charge in [0.1, 0.15) is 11.8 Å². The molecule has 2 heterocycles. The topological polar surface area (TPSA) is 51.2 Å². The second-order valence-corrected chi connectivity index (χ2v) is 7.01. The first-order chi connectivity index (χ1) is 12.1. The lowest BCUT2D eigenvalue weighted by Gasteiger charge is -2.23. The highest BCUT2D eigenvalue weighted by Gasteiger charge is 2.35. The van der Waals surface area contributed by atoms with Gasteiger partial charge in [0.05, 0.1) is 13.2 Å². The van der Waals surface area contributed by atoms with E-state index < -0.39 is 0 Å². The summed E-state index contributed by atoms with van der Waals surface area (Å²) in [5, 5.41) is 12.7. The van der Waals surface area contributed by atoms with E-state index in [1.54, 1.807) is 30.3 Å². The fourth-order valence-electron chi connectivity index (χ4n) is 3.29. The van der Waals surface area contributed by atoms with Gasteiger partial charge in [-0.3, -0.25) is 0 Å². The van der Waals surface area contributed by atoms with Crippen LogP contribution in [0, 0.1) is 0 Å². The molecule has 0 bridgehead atoms. The van der Waals surface area contributed by atoms with Crippen molar-refractivity contribution in [3.8, 4) is 0 Å². The first-order valence-corrected chi connectivity index (χ1v) is 9.28. The molecule has 1 aromatic carbocycles. The monoisotopic (exact) mass is 387 g/mol. The highest BCUT2D eigenvalue weighted by molar-refractivity contribution is 6.36. The maximum Gasteiger partial charge on any atom is 0.157 e. The summed E-state index contributed by atoms with van der Waals surface area (Å²) in [6.45, 7) is 1.09. The fourth-order valence-corrected chi connectivity index (χ4v) is 3.90. The molecule has 1 aromatic rings. The zero-order valence-electron chi connectivity index (χ0n) is 14.2. The molecule has 5 nitrogen and oxygen atoms in total. The number of rotatable bonds is 6. The number of aliphatic hydroxyl groups is 1. The van der Waals surface area contributed by atoms with E-state index in [1.807, 2.05) is 0 Å². The van der Waals surface area contributed by atoms with Gasteiger partial charge in [-0.05, 0) is 31.4 Å². The minimum absolute atomic E-state index is 0.133. The lowest BCUT2D eigenvalue weighted by atomic mass is 9.98. The quantitative estimate of drug-likeness (QED) is 0.796. The maximum atomic E-state index is 9.90. The molecule has 2 aliphatic rings. The molecular formula is C18H23Cl2NO4. The number of nitrogens with zero attached hydrogens (tertiary/aromatic N) is 1. The van der Waals surface area contributed by atoms with Gasteiger partial charge in [0.15, 0.2) is 6.29 Å². The van der Waals surface area contributed by atoms with Gasteiger partial charge in [0.25, 0.3) is 0 Å². The van der Waals surface area contributed by atoms with Crippen LogP contribution in [-0.4, -0.2) is 43.3 Å². The van der Waals surface area contributed by atoms with Gasteiger partial charge in [-0.15, -0.1) is 5.06 Å². The van der Waals surface area contributed by atoms with Crippen LogP contribution >= 0.6 is 23.2 Å². The summed E-state index contributed by atoms with van der Waals surface area (Å²) in [6.07, 6.45) is 3.55. The number of halogens is 2. The number of benzene rings is 1. The number of ether oxygens (including phenoxy) is 2. The van der Waals surface area contributed by atoms with Crippen LogP contribution in [0.1, 0.15) is 37.3 Å². The molecule has 0 aliphatic carbocycles. The van der Waals surface area contributed by atoms with Crippen molar-refractivity contribution in [3.05, 3.63) is 45.1 Å².